The molecule has 0 saturated heterocycles. The number of benzene rings is 3. The zero-order chi connectivity index (χ0) is 31.5. The SMILES string of the molecule is CCOc1ccc([C@H]2C(C(=O)OC)=CN=c3s/c(=C\c4ccc(OCc5ccc6c(c5)OCO6)c(I)c4)c(=O)n32)cc1OCC. The van der Waals surface area contributed by atoms with Gasteiger partial charge in [0.1, 0.15) is 12.4 Å². The normalized spacial score (nSPS) is 15.2. The average Bonchev–Trinajstić information content (AvgIpc) is 3.64. The van der Waals surface area contributed by atoms with Gasteiger partial charge in [0, 0.05) is 6.20 Å². The molecule has 1 aromatic heterocycles. The van der Waals surface area contributed by atoms with Crippen LogP contribution in [0.4, 0.5) is 0 Å². The fraction of sp³-hybridized carbons (Fsp3) is 0.242. The number of nitrogens with zero attached hydrogens (tertiary/aromatic N) is 2. The molecular formula is C33H29IN2O8S. The van der Waals surface area contributed by atoms with Crippen molar-refractivity contribution in [1.82, 2.24) is 4.57 Å². The summed E-state index contributed by atoms with van der Waals surface area (Å²) in [6.07, 6.45) is 3.29. The van der Waals surface area contributed by atoms with E-state index in [1.807, 2.05) is 62.4 Å². The fourth-order valence-corrected chi connectivity index (χ4v) is 6.72. The van der Waals surface area contributed by atoms with Crippen LogP contribution in [0.5, 0.6) is 28.7 Å². The molecular weight excluding hydrogens is 711 g/mol. The molecule has 1 atom stereocenters. The molecule has 3 heterocycles. The van der Waals surface area contributed by atoms with Crippen LogP contribution in [0.15, 0.2) is 76.2 Å². The van der Waals surface area contributed by atoms with Crippen LogP contribution >= 0.6 is 33.9 Å². The molecule has 6 rings (SSSR count). The number of hydrogen-bond donors (Lipinski definition) is 0. The molecule has 0 saturated carbocycles. The van der Waals surface area contributed by atoms with E-state index in [0.717, 1.165) is 26.2 Å². The minimum absolute atomic E-state index is 0.223. The van der Waals surface area contributed by atoms with E-state index in [1.165, 1.54) is 29.2 Å². The number of halogens is 1. The van der Waals surface area contributed by atoms with Crippen molar-refractivity contribution >= 4 is 46.0 Å². The van der Waals surface area contributed by atoms with Crippen LogP contribution in [-0.4, -0.2) is 37.7 Å². The molecule has 0 aliphatic carbocycles. The van der Waals surface area contributed by atoms with E-state index in [9.17, 15) is 9.59 Å². The van der Waals surface area contributed by atoms with E-state index < -0.39 is 12.0 Å². The lowest BCUT2D eigenvalue weighted by Crippen LogP contribution is -2.39. The van der Waals surface area contributed by atoms with Gasteiger partial charge in [0.15, 0.2) is 27.8 Å². The number of aromatic nitrogens is 1. The summed E-state index contributed by atoms with van der Waals surface area (Å²) in [5.41, 5.74) is 2.41. The van der Waals surface area contributed by atoms with Crippen LogP contribution in [0.2, 0.25) is 0 Å². The molecule has 0 fully saturated rings. The Hall–Kier alpha value is -4.30. The Morgan fingerprint density at radius 1 is 1.00 bits per heavy atom. The quantitative estimate of drug-likeness (QED) is 0.170. The number of ether oxygens (including phenoxy) is 6. The van der Waals surface area contributed by atoms with Crippen molar-refractivity contribution in [3.63, 3.8) is 0 Å². The molecule has 0 radical (unpaired) electrons. The molecule has 0 amide bonds. The van der Waals surface area contributed by atoms with Crippen LogP contribution in [0.1, 0.15) is 36.6 Å². The second kappa shape index (κ2) is 13.4. The van der Waals surface area contributed by atoms with Crippen molar-refractivity contribution in [3.05, 3.63) is 106 Å². The van der Waals surface area contributed by atoms with Gasteiger partial charge in [-0.2, -0.15) is 0 Å². The first-order valence-corrected chi connectivity index (χ1v) is 16.1. The molecule has 0 N–H and O–H groups in total. The van der Waals surface area contributed by atoms with Crippen molar-refractivity contribution in [2.75, 3.05) is 27.1 Å². The minimum Gasteiger partial charge on any atom is -0.490 e. The summed E-state index contributed by atoms with van der Waals surface area (Å²) in [5.74, 6) is 2.69. The monoisotopic (exact) mass is 740 g/mol. The van der Waals surface area contributed by atoms with Crippen molar-refractivity contribution in [2.45, 2.75) is 26.5 Å². The number of thiazole rings is 1. The Kier molecular flexibility index (Phi) is 9.12. The van der Waals surface area contributed by atoms with Gasteiger partial charge in [0.25, 0.3) is 5.56 Å². The topological polar surface area (TPSA) is 107 Å². The third-order valence-corrected chi connectivity index (χ3v) is 8.93. The third-order valence-electron chi connectivity index (χ3n) is 7.09. The van der Waals surface area contributed by atoms with E-state index in [2.05, 4.69) is 27.6 Å². The number of fused-ring (bicyclic) bond motifs is 2. The molecule has 0 spiro atoms. The molecule has 45 heavy (non-hydrogen) atoms. The van der Waals surface area contributed by atoms with E-state index in [-0.39, 0.29) is 17.9 Å². The highest BCUT2D eigenvalue weighted by Crippen LogP contribution is 2.35. The van der Waals surface area contributed by atoms with E-state index in [4.69, 9.17) is 28.4 Å². The van der Waals surface area contributed by atoms with Gasteiger partial charge in [-0.15, -0.1) is 0 Å². The van der Waals surface area contributed by atoms with Crippen molar-refractivity contribution in [3.8, 4) is 28.7 Å². The van der Waals surface area contributed by atoms with Gasteiger partial charge >= 0.3 is 5.97 Å². The van der Waals surface area contributed by atoms with Crippen LogP contribution in [0.3, 0.4) is 0 Å². The van der Waals surface area contributed by atoms with Crippen molar-refractivity contribution < 1.29 is 33.2 Å². The van der Waals surface area contributed by atoms with Gasteiger partial charge in [-0.25, -0.2) is 9.79 Å². The van der Waals surface area contributed by atoms with Gasteiger partial charge < -0.3 is 28.4 Å². The standard InChI is InChI=1S/C33H29IN2O8S/c1-4-40-25-11-8-21(15-28(25)41-5-2)30-22(32(38)39-3)16-35-33-36(30)31(37)29(45-33)14-19-6-9-24(23(34)12-19)42-17-20-7-10-26-27(13-20)44-18-43-26/h6-16,30H,4-5,17-18H2,1-3H3/b29-14-/t30-/m0/s1. The summed E-state index contributed by atoms with van der Waals surface area (Å²) in [5, 5.41) is 0. The van der Waals surface area contributed by atoms with Gasteiger partial charge in [-0.3, -0.25) is 9.36 Å². The Morgan fingerprint density at radius 3 is 2.56 bits per heavy atom. The van der Waals surface area contributed by atoms with Gasteiger partial charge in [0.2, 0.25) is 6.79 Å². The van der Waals surface area contributed by atoms with Crippen molar-refractivity contribution in [2.24, 2.45) is 4.99 Å². The zero-order valence-electron chi connectivity index (χ0n) is 24.7. The fourth-order valence-electron chi connectivity index (χ4n) is 5.05. The summed E-state index contributed by atoms with van der Waals surface area (Å²) < 4.78 is 36.4. The Bertz CT molecular complexity index is 1980. The van der Waals surface area contributed by atoms with Crippen LogP contribution < -0.4 is 38.6 Å². The number of hydrogen-bond acceptors (Lipinski definition) is 10. The van der Waals surface area contributed by atoms with Crippen molar-refractivity contribution in [1.29, 1.82) is 0 Å². The van der Waals surface area contributed by atoms with Gasteiger partial charge in [-0.1, -0.05) is 29.5 Å². The van der Waals surface area contributed by atoms with Gasteiger partial charge in [0.05, 0.1) is 40.0 Å². The number of esters is 1. The second-order valence-electron chi connectivity index (χ2n) is 9.91. The lowest BCUT2D eigenvalue weighted by molar-refractivity contribution is -0.136. The van der Waals surface area contributed by atoms with E-state index in [0.29, 0.717) is 52.0 Å². The average molecular weight is 741 g/mol. The highest BCUT2D eigenvalue weighted by atomic mass is 127. The molecule has 0 bridgehead atoms. The summed E-state index contributed by atoms with van der Waals surface area (Å²) in [7, 11) is 1.30. The summed E-state index contributed by atoms with van der Waals surface area (Å²) in [6, 6.07) is 16.1. The molecule has 2 aliphatic rings. The Balaban J connectivity index is 1.32. The number of rotatable bonds is 10. The summed E-state index contributed by atoms with van der Waals surface area (Å²) in [6.45, 7) is 5.25. The largest absolute Gasteiger partial charge is 0.490 e. The van der Waals surface area contributed by atoms with Crippen LogP contribution in [0.25, 0.3) is 6.08 Å². The Morgan fingerprint density at radius 2 is 1.78 bits per heavy atom. The van der Waals surface area contributed by atoms with Crippen LogP contribution in [0, 0.1) is 3.57 Å². The lowest BCUT2D eigenvalue weighted by Gasteiger charge is -2.23. The number of carbonyl (C=O) groups excluding carboxylic acids is 1. The predicted octanol–water partition coefficient (Wildman–Crippen LogP) is 4.73. The number of carbonyl (C=O) groups is 1. The second-order valence-corrected chi connectivity index (χ2v) is 12.1. The first kappa shape index (κ1) is 30.7. The highest BCUT2D eigenvalue weighted by molar-refractivity contribution is 14.1. The predicted molar refractivity (Wildman–Crippen MR) is 176 cm³/mol. The smallest absolute Gasteiger partial charge is 0.337 e. The van der Waals surface area contributed by atoms with Gasteiger partial charge in [-0.05, 0) is 95.6 Å². The minimum atomic E-state index is -0.766. The first-order chi connectivity index (χ1) is 21.9. The first-order valence-electron chi connectivity index (χ1n) is 14.2. The summed E-state index contributed by atoms with van der Waals surface area (Å²) >= 11 is 3.47. The lowest BCUT2D eigenvalue weighted by atomic mass is 9.97. The maximum atomic E-state index is 13.9. The van der Waals surface area contributed by atoms with E-state index >= 15 is 0 Å². The van der Waals surface area contributed by atoms with Crippen LogP contribution in [-0.2, 0) is 16.1 Å². The Labute approximate surface area is 276 Å². The zero-order valence-corrected chi connectivity index (χ0v) is 27.7. The maximum absolute atomic E-state index is 13.9. The molecule has 10 nitrogen and oxygen atoms in total. The molecule has 4 aromatic rings. The molecule has 0 unspecified atom stereocenters. The molecule has 12 heteroatoms. The summed E-state index contributed by atoms with van der Waals surface area (Å²) in [4.78, 5) is 31.7. The maximum Gasteiger partial charge on any atom is 0.337 e. The third kappa shape index (κ3) is 6.29. The molecule has 232 valence electrons. The highest BCUT2D eigenvalue weighted by Gasteiger charge is 2.31. The number of methoxy groups -OCH3 is 1. The van der Waals surface area contributed by atoms with E-state index in [1.54, 1.807) is 12.1 Å². The molecule has 3 aromatic carbocycles. The molecule has 2 aliphatic heterocycles.